The lowest BCUT2D eigenvalue weighted by Gasteiger charge is -2.18. The fraction of sp³-hybridized carbons (Fsp3) is 0.440. The SMILES string of the molecule is CCCCCN(Cc1nc2oc(-c3ccc(C)c(F)c3)c(C(=O)NC)c2cc1C1CC1)S(=O)O. The summed E-state index contributed by atoms with van der Waals surface area (Å²) in [5, 5.41) is 3.21. The summed E-state index contributed by atoms with van der Waals surface area (Å²) >= 11 is -2.13. The molecule has 1 fully saturated rings. The topological polar surface area (TPSA) is 95.7 Å². The molecule has 3 aromatic rings. The Bertz CT molecular complexity index is 1240. The number of nitrogens with one attached hydrogen (secondary N) is 1. The second kappa shape index (κ2) is 10.3. The number of nitrogens with zero attached hydrogens (tertiary/aromatic N) is 2. The van der Waals surface area contributed by atoms with Gasteiger partial charge in [-0.2, -0.15) is 4.31 Å². The van der Waals surface area contributed by atoms with Gasteiger partial charge in [-0.15, -0.1) is 0 Å². The molecule has 182 valence electrons. The maximum atomic E-state index is 14.3. The minimum atomic E-state index is -2.13. The van der Waals surface area contributed by atoms with Crippen molar-refractivity contribution in [3.63, 3.8) is 0 Å². The Morgan fingerprint density at radius 2 is 2.09 bits per heavy atom. The number of carbonyl (C=O) groups excluding carboxylic acids is 1. The number of hydrogen-bond acceptors (Lipinski definition) is 4. The van der Waals surface area contributed by atoms with Crippen molar-refractivity contribution in [2.24, 2.45) is 0 Å². The second-order valence-electron chi connectivity index (χ2n) is 8.80. The van der Waals surface area contributed by atoms with Gasteiger partial charge in [0.25, 0.3) is 5.91 Å². The van der Waals surface area contributed by atoms with Crippen molar-refractivity contribution in [3.8, 4) is 11.3 Å². The van der Waals surface area contributed by atoms with Crippen molar-refractivity contribution in [3.05, 3.63) is 52.5 Å². The van der Waals surface area contributed by atoms with E-state index in [1.54, 1.807) is 19.1 Å². The van der Waals surface area contributed by atoms with Gasteiger partial charge in [0.05, 0.1) is 23.2 Å². The van der Waals surface area contributed by atoms with Crippen LogP contribution in [0.5, 0.6) is 0 Å². The summed E-state index contributed by atoms with van der Waals surface area (Å²) in [6.07, 6.45) is 4.80. The van der Waals surface area contributed by atoms with Crippen molar-refractivity contribution in [1.29, 1.82) is 0 Å². The van der Waals surface area contributed by atoms with E-state index in [1.807, 2.05) is 6.07 Å². The van der Waals surface area contributed by atoms with Crippen LogP contribution in [-0.4, -0.2) is 37.6 Å². The molecule has 9 heteroatoms. The highest BCUT2D eigenvalue weighted by Gasteiger charge is 2.31. The van der Waals surface area contributed by atoms with E-state index in [0.29, 0.717) is 40.2 Å². The van der Waals surface area contributed by atoms with Gasteiger partial charge in [0.15, 0.2) is 0 Å². The number of hydrogen-bond donors (Lipinski definition) is 2. The van der Waals surface area contributed by atoms with Crippen LogP contribution >= 0.6 is 0 Å². The zero-order valence-electron chi connectivity index (χ0n) is 19.7. The van der Waals surface area contributed by atoms with Crippen molar-refractivity contribution in [2.45, 2.75) is 58.4 Å². The van der Waals surface area contributed by atoms with Crippen LogP contribution in [0.2, 0.25) is 0 Å². The summed E-state index contributed by atoms with van der Waals surface area (Å²) in [7, 11) is 1.54. The molecule has 2 heterocycles. The van der Waals surface area contributed by atoms with Crippen molar-refractivity contribution < 1.29 is 22.4 Å². The molecule has 1 aromatic carbocycles. The van der Waals surface area contributed by atoms with Gasteiger partial charge in [0, 0.05) is 19.2 Å². The van der Waals surface area contributed by atoms with Gasteiger partial charge in [-0.25, -0.2) is 13.6 Å². The highest BCUT2D eigenvalue weighted by Crippen LogP contribution is 2.44. The molecule has 1 aliphatic carbocycles. The van der Waals surface area contributed by atoms with Gasteiger partial charge in [0.1, 0.15) is 11.6 Å². The van der Waals surface area contributed by atoms with Crippen LogP contribution in [0.15, 0.2) is 28.7 Å². The second-order valence-corrected chi connectivity index (χ2v) is 9.78. The van der Waals surface area contributed by atoms with Gasteiger partial charge in [-0.1, -0.05) is 31.9 Å². The molecule has 1 aliphatic rings. The van der Waals surface area contributed by atoms with Gasteiger partial charge < -0.3 is 9.73 Å². The Morgan fingerprint density at radius 3 is 2.71 bits per heavy atom. The molecule has 2 aromatic heterocycles. The molecule has 4 rings (SSSR count). The van der Waals surface area contributed by atoms with Crippen LogP contribution < -0.4 is 5.32 Å². The molecule has 0 spiro atoms. The first-order valence-electron chi connectivity index (χ1n) is 11.6. The first-order chi connectivity index (χ1) is 16.3. The maximum Gasteiger partial charge on any atom is 0.255 e. The van der Waals surface area contributed by atoms with E-state index in [4.69, 9.17) is 9.40 Å². The summed E-state index contributed by atoms with van der Waals surface area (Å²) < 4.78 is 43.7. The Labute approximate surface area is 201 Å². The van der Waals surface area contributed by atoms with Crippen LogP contribution in [0.1, 0.15) is 72.1 Å². The average molecular weight is 488 g/mol. The molecule has 2 N–H and O–H groups in total. The van der Waals surface area contributed by atoms with Gasteiger partial charge in [-0.3, -0.25) is 9.35 Å². The molecule has 0 aliphatic heterocycles. The van der Waals surface area contributed by atoms with Crippen LogP contribution in [0.3, 0.4) is 0 Å². The smallest absolute Gasteiger partial charge is 0.255 e. The molecule has 1 saturated carbocycles. The molecule has 1 amide bonds. The van der Waals surface area contributed by atoms with Gasteiger partial charge in [-0.05, 0) is 55.4 Å². The molecule has 1 atom stereocenters. The largest absolute Gasteiger partial charge is 0.437 e. The van der Waals surface area contributed by atoms with Gasteiger partial charge >= 0.3 is 0 Å². The fourth-order valence-electron chi connectivity index (χ4n) is 4.15. The third kappa shape index (κ3) is 5.06. The predicted octanol–water partition coefficient (Wildman–Crippen LogP) is 5.31. The molecular formula is C25H30FN3O4S. The Hall–Kier alpha value is -2.62. The minimum Gasteiger partial charge on any atom is -0.437 e. The fourth-order valence-corrected chi connectivity index (χ4v) is 4.67. The summed E-state index contributed by atoms with van der Waals surface area (Å²) in [4.78, 5) is 17.6. The highest BCUT2D eigenvalue weighted by molar-refractivity contribution is 7.76. The normalized spacial score (nSPS) is 14.6. The summed E-state index contributed by atoms with van der Waals surface area (Å²) in [6.45, 7) is 4.44. The Balaban J connectivity index is 1.83. The van der Waals surface area contributed by atoms with Crippen molar-refractivity contribution in [2.75, 3.05) is 13.6 Å². The number of fused-ring (bicyclic) bond motifs is 1. The van der Waals surface area contributed by atoms with E-state index in [1.165, 1.54) is 17.4 Å². The first kappa shape index (κ1) is 24.5. The van der Waals surface area contributed by atoms with Crippen molar-refractivity contribution >= 4 is 28.3 Å². The zero-order chi connectivity index (χ0) is 24.4. The van der Waals surface area contributed by atoms with Crippen molar-refractivity contribution in [1.82, 2.24) is 14.6 Å². The average Bonchev–Trinajstić information content (AvgIpc) is 3.59. The molecule has 7 nitrogen and oxygen atoms in total. The molecule has 0 radical (unpaired) electrons. The number of carbonyl (C=O) groups is 1. The number of rotatable bonds is 10. The molecule has 1 unspecified atom stereocenters. The number of amides is 1. The lowest BCUT2D eigenvalue weighted by molar-refractivity contribution is 0.0964. The Kier molecular flexibility index (Phi) is 7.45. The third-order valence-corrected chi connectivity index (χ3v) is 7.01. The molecule has 34 heavy (non-hydrogen) atoms. The van der Waals surface area contributed by atoms with Crippen LogP contribution in [0, 0.1) is 12.7 Å². The third-order valence-electron chi connectivity index (χ3n) is 6.26. The van der Waals surface area contributed by atoms with Crippen LogP contribution in [-0.2, 0) is 17.8 Å². The lowest BCUT2D eigenvalue weighted by Crippen LogP contribution is -2.27. The monoisotopic (exact) mass is 487 g/mol. The predicted molar refractivity (Wildman–Crippen MR) is 130 cm³/mol. The number of unbranched alkanes of at least 4 members (excludes halogenated alkanes) is 2. The van der Waals surface area contributed by atoms with Crippen LogP contribution in [0.25, 0.3) is 22.4 Å². The minimum absolute atomic E-state index is 0.207. The lowest BCUT2D eigenvalue weighted by atomic mass is 10.0. The van der Waals surface area contributed by atoms with E-state index < -0.39 is 11.3 Å². The number of benzene rings is 1. The van der Waals surface area contributed by atoms with E-state index in [9.17, 15) is 17.9 Å². The number of aromatic nitrogens is 1. The van der Waals surface area contributed by atoms with E-state index in [0.717, 1.165) is 37.7 Å². The maximum absolute atomic E-state index is 14.3. The highest BCUT2D eigenvalue weighted by atomic mass is 32.2. The standard InChI is InChI=1S/C25H30FN3O4S/c1-4-5-6-11-29(34(31)32)14-21-18(16-9-10-16)13-19-22(24(30)27-3)23(33-25(19)28-21)17-8-7-15(2)20(26)12-17/h7-8,12-13,16H,4-6,9-11,14H2,1-3H3,(H,27,30)(H,31,32). The number of aryl methyl sites for hydroxylation is 1. The van der Waals surface area contributed by atoms with Crippen LogP contribution in [0.4, 0.5) is 4.39 Å². The summed E-state index contributed by atoms with van der Waals surface area (Å²) in [5.74, 6) is -0.181. The molecule has 0 bridgehead atoms. The summed E-state index contributed by atoms with van der Waals surface area (Å²) in [6, 6.07) is 6.63. The van der Waals surface area contributed by atoms with E-state index in [2.05, 4.69) is 12.2 Å². The van der Waals surface area contributed by atoms with E-state index >= 15 is 0 Å². The number of pyridine rings is 1. The first-order valence-corrected chi connectivity index (χ1v) is 12.7. The Morgan fingerprint density at radius 1 is 1.32 bits per heavy atom. The molecule has 0 saturated heterocycles. The number of halogens is 1. The zero-order valence-corrected chi connectivity index (χ0v) is 20.5. The molecular weight excluding hydrogens is 457 g/mol. The summed E-state index contributed by atoms with van der Waals surface area (Å²) in [5.41, 5.74) is 3.15. The quantitative estimate of drug-likeness (QED) is 0.299. The van der Waals surface area contributed by atoms with E-state index in [-0.39, 0.29) is 29.7 Å². The number of furan rings is 1. The van der Waals surface area contributed by atoms with Gasteiger partial charge in [0.2, 0.25) is 17.0 Å².